The predicted octanol–water partition coefficient (Wildman–Crippen LogP) is 13.8. The summed E-state index contributed by atoms with van der Waals surface area (Å²) in [5.41, 5.74) is 1.96. The van der Waals surface area contributed by atoms with Crippen molar-refractivity contribution in [1.82, 2.24) is 10.2 Å². The highest BCUT2D eigenvalue weighted by Gasteiger charge is 2.39. The summed E-state index contributed by atoms with van der Waals surface area (Å²) in [6.45, 7) is 19.5. The van der Waals surface area contributed by atoms with Gasteiger partial charge in [0.05, 0.1) is 13.2 Å². The summed E-state index contributed by atoms with van der Waals surface area (Å²) >= 11 is 1.53. The van der Waals surface area contributed by atoms with Gasteiger partial charge in [-0.15, -0.1) is 11.3 Å². The molecule has 3 aromatic carbocycles. The van der Waals surface area contributed by atoms with E-state index in [0.717, 1.165) is 97.6 Å². The van der Waals surface area contributed by atoms with Gasteiger partial charge in [0, 0.05) is 52.1 Å². The highest BCUT2D eigenvalue weighted by atomic mass is 32.1. The second kappa shape index (κ2) is 28.2. The Bertz CT molecular complexity index is 2430. The second-order valence-corrected chi connectivity index (χ2v) is 24.4. The third-order valence-electron chi connectivity index (χ3n) is 12.2. The Labute approximate surface area is 416 Å². The number of nitrogens with zero attached hydrogens (tertiary/aromatic N) is 1. The maximum absolute atomic E-state index is 14.5. The summed E-state index contributed by atoms with van der Waals surface area (Å²) in [6, 6.07) is 19.7. The third-order valence-corrected chi connectivity index (χ3v) is 17.7. The minimum atomic E-state index is -2.12. The molecule has 5 rings (SSSR count). The van der Waals surface area contributed by atoms with Gasteiger partial charge in [0.25, 0.3) is 0 Å². The van der Waals surface area contributed by atoms with Crippen LogP contribution in [0, 0.1) is 0 Å². The number of ketones is 1. The predicted molar refractivity (Wildman–Crippen MR) is 288 cm³/mol. The van der Waals surface area contributed by atoms with Crippen molar-refractivity contribution < 1.29 is 33.0 Å². The molecule has 4 aromatic rings. The first-order valence-corrected chi connectivity index (χ1v) is 28.3. The fourth-order valence-electron chi connectivity index (χ4n) is 7.09. The minimum Gasteiger partial charge on any atom is -0.543 e. The van der Waals surface area contributed by atoms with E-state index in [1.807, 2.05) is 66.7 Å². The smallest absolute Gasteiger partial charge is 0.333 e. The van der Waals surface area contributed by atoms with Gasteiger partial charge in [-0.3, -0.25) is 14.5 Å². The number of benzene rings is 3. The van der Waals surface area contributed by atoms with E-state index in [9.17, 15) is 14.4 Å². The number of fused-ring (bicyclic) bond motifs is 1. The van der Waals surface area contributed by atoms with Gasteiger partial charge in [-0.1, -0.05) is 101 Å². The molecule has 0 spiro atoms. The molecule has 1 aliphatic heterocycles. The zero-order valence-corrected chi connectivity index (χ0v) is 43.8. The summed E-state index contributed by atoms with van der Waals surface area (Å²) in [6.07, 6.45) is 32.3. The molecule has 1 amide bonds. The number of hydrogen-bond acceptors (Lipinski definition) is 9. The Hall–Kier alpha value is -5.59. The van der Waals surface area contributed by atoms with Crippen molar-refractivity contribution in [2.75, 3.05) is 39.5 Å². The molecule has 1 atom stereocenters. The lowest BCUT2D eigenvalue weighted by atomic mass is 9.97. The Morgan fingerprint density at radius 1 is 0.754 bits per heavy atom. The van der Waals surface area contributed by atoms with E-state index in [1.54, 1.807) is 19.1 Å². The van der Waals surface area contributed by atoms with Gasteiger partial charge >= 0.3 is 5.97 Å². The average Bonchev–Trinajstić information content (AvgIpc) is 3.71. The van der Waals surface area contributed by atoms with Gasteiger partial charge in [0.2, 0.25) is 14.2 Å². The van der Waals surface area contributed by atoms with Gasteiger partial charge in [-0.2, -0.15) is 0 Å². The SMILES string of the molecule is CC/C=C\C/C=C\C/C=C\C/C=C\C/C=C\C/C=C\CCC(=O)NC(C)C(=O)Oc1ccc(-c2sc3cc(O[Si](C)(C)C(C)(C)C)ccc3c2C(=O)c2ccc(OCCN3CCOCC3)cc2)cc1. The van der Waals surface area contributed by atoms with Crippen LogP contribution in [-0.4, -0.2) is 76.4 Å². The Morgan fingerprint density at radius 3 is 1.88 bits per heavy atom. The van der Waals surface area contributed by atoms with Gasteiger partial charge in [0.15, 0.2) is 5.78 Å². The molecular formula is C58H74N2O7SSi. The molecule has 9 nitrogen and oxygen atoms in total. The van der Waals surface area contributed by atoms with Crippen LogP contribution in [0.4, 0.5) is 0 Å². The van der Waals surface area contributed by atoms with Crippen LogP contribution in [0.25, 0.3) is 20.5 Å². The first kappa shape index (κ1) is 54.3. The van der Waals surface area contributed by atoms with Crippen molar-refractivity contribution in [3.8, 4) is 27.7 Å². The molecule has 0 aliphatic carbocycles. The van der Waals surface area contributed by atoms with Crippen LogP contribution in [0.3, 0.4) is 0 Å². The van der Waals surface area contributed by atoms with Crippen molar-refractivity contribution in [2.45, 2.75) is 110 Å². The summed E-state index contributed by atoms with van der Waals surface area (Å²) < 4.78 is 24.8. The molecule has 1 aromatic heterocycles. The van der Waals surface area contributed by atoms with Crippen LogP contribution in [0.1, 0.15) is 102 Å². The van der Waals surface area contributed by atoms with E-state index in [4.69, 9.17) is 18.6 Å². The normalized spacial score (nSPS) is 14.6. The largest absolute Gasteiger partial charge is 0.543 e. The monoisotopic (exact) mass is 970 g/mol. The molecule has 1 saturated heterocycles. The molecule has 0 saturated carbocycles. The maximum Gasteiger partial charge on any atom is 0.333 e. The summed E-state index contributed by atoms with van der Waals surface area (Å²) in [5, 5.41) is 3.63. The van der Waals surface area contributed by atoms with Crippen molar-refractivity contribution >= 4 is 47.4 Å². The molecule has 1 N–H and O–H groups in total. The van der Waals surface area contributed by atoms with Crippen LogP contribution in [-0.2, 0) is 14.3 Å². The topological polar surface area (TPSA) is 103 Å². The summed E-state index contributed by atoms with van der Waals surface area (Å²) in [5.74, 6) is 0.950. The number of esters is 1. The first-order valence-electron chi connectivity index (χ1n) is 24.6. The van der Waals surface area contributed by atoms with Crippen molar-refractivity contribution in [2.24, 2.45) is 0 Å². The zero-order chi connectivity index (χ0) is 49.5. The number of ether oxygens (including phenoxy) is 3. The number of thiophene rings is 1. The van der Waals surface area contributed by atoms with E-state index >= 15 is 0 Å². The average molecular weight is 971 g/mol. The third kappa shape index (κ3) is 18.0. The molecule has 368 valence electrons. The Kier molecular flexibility index (Phi) is 22.2. The van der Waals surface area contributed by atoms with E-state index in [-0.39, 0.29) is 23.1 Å². The summed E-state index contributed by atoms with van der Waals surface area (Å²) in [7, 11) is -2.12. The molecule has 1 unspecified atom stereocenters. The summed E-state index contributed by atoms with van der Waals surface area (Å²) in [4.78, 5) is 43.4. The standard InChI is InChI=1S/C58H74N2O7SSi/c1-8-9-10-11-12-13-14-15-16-17-18-19-20-21-22-23-24-25-26-27-53(61)59-45(2)57(63)66-49-34-30-47(31-35-49)56-54(51-37-36-50(44-52(51)68-56)67-69(6,7)58(3,4)5)55(62)46-28-32-48(33-29-46)65-43-40-60-38-41-64-42-39-60/h9-10,12-13,15-16,18-19,21-22,24-25,28-37,44-45H,8,11,14,17,20,23,26-27,38-43H2,1-7H3,(H,59,61)/b10-9-,13-12-,16-15-,19-18-,22-21-,25-24-. The van der Waals surface area contributed by atoms with Crippen LogP contribution in [0.2, 0.25) is 18.1 Å². The van der Waals surface area contributed by atoms with E-state index in [0.29, 0.717) is 35.7 Å². The lowest BCUT2D eigenvalue weighted by Gasteiger charge is -2.36. The van der Waals surface area contributed by atoms with Crippen LogP contribution in [0.5, 0.6) is 17.2 Å². The minimum absolute atomic E-state index is 0.0206. The van der Waals surface area contributed by atoms with Crippen molar-refractivity contribution in [3.05, 3.63) is 151 Å². The van der Waals surface area contributed by atoms with Crippen LogP contribution >= 0.6 is 11.3 Å². The number of hydrogen-bond donors (Lipinski definition) is 1. The fourth-order valence-corrected chi connectivity index (χ4v) is 9.34. The van der Waals surface area contributed by atoms with Gasteiger partial charge in [-0.05, 0) is 142 Å². The van der Waals surface area contributed by atoms with Gasteiger partial charge in [0.1, 0.15) is 29.9 Å². The van der Waals surface area contributed by atoms with E-state index in [1.165, 1.54) is 11.3 Å². The zero-order valence-electron chi connectivity index (χ0n) is 42.0. The quantitative estimate of drug-likeness (QED) is 0.0218. The molecule has 0 radical (unpaired) electrons. The van der Waals surface area contributed by atoms with Crippen molar-refractivity contribution in [3.63, 3.8) is 0 Å². The number of carbonyl (C=O) groups excluding carboxylic acids is 3. The lowest BCUT2D eigenvalue weighted by molar-refractivity contribution is -0.138. The lowest BCUT2D eigenvalue weighted by Crippen LogP contribution is -2.43. The highest BCUT2D eigenvalue weighted by Crippen LogP contribution is 2.43. The first-order chi connectivity index (χ1) is 33.3. The number of carbonyl (C=O) groups is 3. The number of nitrogens with one attached hydrogen (secondary N) is 1. The molecule has 11 heteroatoms. The maximum atomic E-state index is 14.5. The Morgan fingerprint density at radius 2 is 1.30 bits per heavy atom. The molecule has 1 fully saturated rings. The second-order valence-electron chi connectivity index (χ2n) is 18.7. The number of allylic oxidation sites excluding steroid dienone is 12. The molecule has 0 bridgehead atoms. The van der Waals surface area contributed by atoms with Crippen LogP contribution < -0.4 is 19.2 Å². The van der Waals surface area contributed by atoms with Crippen molar-refractivity contribution in [1.29, 1.82) is 0 Å². The van der Waals surface area contributed by atoms with Gasteiger partial charge in [-0.25, -0.2) is 4.79 Å². The van der Waals surface area contributed by atoms with E-state index in [2.05, 4.69) is 112 Å². The number of amides is 1. The number of morpholine rings is 1. The Balaban J connectivity index is 1.13. The molecule has 69 heavy (non-hydrogen) atoms. The van der Waals surface area contributed by atoms with Gasteiger partial charge < -0.3 is 24.0 Å². The molecular weight excluding hydrogens is 897 g/mol. The van der Waals surface area contributed by atoms with E-state index < -0.39 is 20.3 Å². The fraction of sp³-hybridized carbons (Fsp3) is 0.397. The highest BCUT2D eigenvalue weighted by molar-refractivity contribution is 7.22. The number of rotatable bonds is 26. The molecule has 1 aliphatic rings. The molecule has 2 heterocycles. The van der Waals surface area contributed by atoms with Crippen LogP contribution in [0.15, 0.2) is 140 Å².